The highest BCUT2D eigenvalue weighted by atomic mass is 31.2. The zero-order valence-electron chi connectivity index (χ0n) is 54.4. The van der Waals surface area contributed by atoms with Crippen molar-refractivity contribution in [2.24, 2.45) is 5.92 Å². The molecule has 4 aromatic carbocycles. The number of carbonyl (C=O) groups excluding carboxylic acids is 2. The van der Waals surface area contributed by atoms with Crippen molar-refractivity contribution in [1.82, 2.24) is 49.5 Å². The van der Waals surface area contributed by atoms with E-state index in [-0.39, 0.29) is 47.1 Å². The Balaban J connectivity index is 0.00000161. The molecule has 32 heteroatoms. The number of nitriles is 1. The highest BCUT2D eigenvalue weighted by Crippen LogP contribution is 2.51. The third-order valence-corrected chi connectivity index (χ3v) is 22.5. The number of fused-ring (bicyclic) bond motifs is 2. The highest BCUT2D eigenvalue weighted by molar-refractivity contribution is 7.41. The number of nitrogens with zero attached hydrogens (tertiary/aromatic N) is 10. The van der Waals surface area contributed by atoms with Gasteiger partial charge in [-0.25, -0.2) is 19.3 Å². The summed E-state index contributed by atoms with van der Waals surface area (Å²) in [5.74, 6) is -0.503. The molecule has 11 rings (SSSR count). The van der Waals surface area contributed by atoms with E-state index in [9.17, 15) is 29.1 Å². The van der Waals surface area contributed by atoms with Gasteiger partial charge in [0.1, 0.15) is 47.8 Å². The van der Waals surface area contributed by atoms with Crippen LogP contribution in [-0.2, 0) is 51.7 Å². The topological polar surface area (TPSA) is 345 Å². The number of halogens is 1. The lowest BCUT2D eigenvalue weighted by Crippen LogP contribution is -2.50. The number of nitrogens with one attached hydrogen (secondary N) is 3. The van der Waals surface area contributed by atoms with Crippen molar-refractivity contribution in [2.75, 3.05) is 44.7 Å². The Morgan fingerprint density at radius 1 is 0.794 bits per heavy atom. The molecule has 0 aliphatic carbocycles. The molecule has 2 fully saturated rings. The van der Waals surface area contributed by atoms with Gasteiger partial charge >= 0.3 is 16.9 Å². The molecule has 4 N–H and O–H groups in total. The number of H-pyrrole nitrogens is 1. The quantitative estimate of drug-likeness (QED) is 0.0169. The predicted molar refractivity (Wildman–Crippen MR) is 355 cm³/mol. The second-order valence-corrected chi connectivity index (χ2v) is 30.6. The van der Waals surface area contributed by atoms with Crippen molar-refractivity contribution in [3.05, 3.63) is 185 Å². The van der Waals surface area contributed by atoms with Crippen LogP contribution in [0.25, 0.3) is 22.3 Å². The standard InChI is InChI=1S/C60H67FN12O15P2Si.C5H5N/c1-35(2)53(74)68-58-67-52-46(55(76)69-58)65-34-72(52)57-49(86-89(77)78)48(88-91(8,9)59(3,4)5)43(85-57)32-83-90(82-30-16-29-62)87-47-42(84-56(44(47)61)73-51-45(70-71-73)50(63-33-64-51)66-54(75)36-17-12-10-13-18-36)31-81-60(37-19-14-11-15-20-37,38-21-25-40(79-6)26-22-38)39-23-27-41(80-7)28-24-39;1-2-4-6-5-3-1/h10-15,17-28,33-35,42-44,47-49,56-57H,16,30-32H2,1-9H3,(H3-,63,64,66,67,68,69,71,74,75,76,77,78);1-5H/p+1/t42-,43-,44+,47-,48-,49+,56-,57-,90?;/m1./s1. The molecule has 0 bridgehead atoms. The van der Waals surface area contributed by atoms with Crippen LogP contribution < -0.4 is 25.7 Å². The Morgan fingerprint density at radius 2 is 1.41 bits per heavy atom. The van der Waals surface area contributed by atoms with E-state index in [2.05, 4.69) is 50.8 Å². The van der Waals surface area contributed by atoms with Gasteiger partial charge in [-0.3, -0.25) is 34.2 Å². The first-order valence-electron chi connectivity index (χ1n) is 30.7. The van der Waals surface area contributed by atoms with Gasteiger partial charge in [0.2, 0.25) is 11.9 Å². The van der Waals surface area contributed by atoms with Gasteiger partial charge in [0.25, 0.3) is 11.5 Å². The number of ether oxygens (including phenoxy) is 5. The van der Waals surface area contributed by atoms with E-state index in [1.807, 2.05) is 113 Å². The van der Waals surface area contributed by atoms with E-state index in [4.69, 9.17) is 46.2 Å². The van der Waals surface area contributed by atoms with Gasteiger partial charge in [-0.2, -0.15) is 14.9 Å². The summed E-state index contributed by atoms with van der Waals surface area (Å²) < 4.78 is 97.9. The zero-order chi connectivity index (χ0) is 69.0. The fourth-order valence-corrected chi connectivity index (χ4v) is 13.3. The molecule has 5 aromatic heterocycles. The monoisotopic (exact) mass is 1380 g/mol. The van der Waals surface area contributed by atoms with E-state index in [0.717, 1.165) is 11.0 Å². The predicted octanol–water partition coefficient (Wildman–Crippen LogP) is 10.4. The van der Waals surface area contributed by atoms with Crippen LogP contribution in [0.2, 0.25) is 18.1 Å². The molecule has 2 aliphatic heterocycles. The molecule has 0 radical (unpaired) electrons. The third-order valence-electron chi connectivity index (χ3n) is 16.4. The lowest BCUT2D eigenvalue weighted by atomic mass is 9.80. The van der Waals surface area contributed by atoms with Crippen molar-refractivity contribution in [2.45, 2.75) is 114 Å². The third kappa shape index (κ3) is 16.3. The van der Waals surface area contributed by atoms with Crippen LogP contribution in [0.15, 0.2) is 157 Å². The van der Waals surface area contributed by atoms with Gasteiger partial charge in [0.15, 0.2) is 61.2 Å². The Bertz CT molecular complexity index is 4160. The molecule has 508 valence electrons. The summed E-state index contributed by atoms with van der Waals surface area (Å²) in [5, 5.41) is 23.3. The van der Waals surface area contributed by atoms with Crippen molar-refractivity contribution in [3.8, 4) is 17.6 Å². The fraction of sp³-hybridized carbons (Fsp3) is 0.369. The van der Waals surface area contributed by atoms with Gasteiger partial charge in [-0.1, -0.05) is 119 Å². The maximum Gasteiger partial charge on any atom is 0.695 e. The molecule has 2 unspecified atom stereocenters. The number of anilines is 2. The number of hydrogen-bond acceptors (Lipinski definition) is 22. The number of carbonyl (C=O) groups is 2. The Labute approximate surface area is 560 Å². The molecular weight excluding hydrogens is 1310 g/mol. The molecule has 2 amide bonds. The van der Waals surface area contributed by atoms with Gasteiger partial charge in [0, 0.05) is 28.4 Å². The SMILES string of the molecule is COc1ccc(C(OC[C@H]2O[C@@H](n3nnc4c(NC(=O)c5ccccc5)ncnc43)[C@@H](F)[C@@H]2OP(OCCC#N)OC[C@H]2O[C@@H](n3cnc4c(=O)[nH]c(NC(=O)C(C)C)nc43)[C@@H](O[P+](=O)O)[C@@H]2O[Si](C)(C)C(C)(C)C)(c2ccccc2)c2ccc(OC)cc2)cc1.c1ccncc1. The minimum atomic E-state index is -3.37. The number of alkyl halides is 1. The molecule has 10 atom stereocenters. The van der Waals surface area contributed by atoms with Crippen molar-refractivity contribution < 1.29 is 69.6 Å². The largest absolute Gasteiger partial charge is 0.695 e. The molecule has 97 heavy (non-hydrogen) atoms. The summed E-state index contributed by atoms with van der Waals surface area (Å²) in [6.45, 7) is 12.0. The Hall–Kier alpha value is -8.79. The van der Waals surface area contributed by atoms with E-state index in [0.29, 0.717) is 33.8 Å². The molecular formula is C65H73FN13O15P2Si+. The smallest absolute Gasteiger partial charge is 0.497 e. The van der Waals surface area contributed by atoms with Gasteiger partial charge in [-0.05, 0) is 83.4 Å². The number of imidazole rings is 1. The first-order valence-corrected chi connectivity index (χ1v) is 35.9. The van der Waals surface area contributed by atoms with Gasteiger partial charge < -0.3 is 47.0 Å². The lowest BCUT2D eigenvalue weighted by Gasteiger charge is -2.39. The number of aromatic amines is 1. The Morgan fingerprint density at radius 3 is 2.00 bits per heavy atom. The second kappa shape index (κ2) is 31.6. The fourth-order valence-electron chi connectivity index (χ4n) is 10.4. The van der Waals surface area contributed by atoms with Crippen LogP contribution in [0.1, 0.15) is 80.5 Å². The number of hydrogen-bond donors (Lipinski definition) is 4. The van der Waals surface area contributed by atoms with E-state index >= 15 is 4.39 Å². The van der Waals surface area contributed by atoms with Crippen LogP contribution in [0.4, 0.5) is 16.2 Å². The summed E-state index contributed by atoms with van der Waals surface area (Å²) in [5.41, 5.74) is -0.126. The average molecular weight is 1390 g/mol. The number of amides is 2. The summed E-state index contributed by atoms with van der Waals surface area (Å²) in [6, 6.07) is 40.1. The number of aromatic nitrogens is 10. The van der Waals surface area contributed by atoms with Crippen LogP contribution in [0, 0.1) is 17.2 Å². The molecule has 2 aliphatic rings. The molecule has 0 spiro atoms. The summed E-state index contributed by atoms with van der Waals surface area (Å²) in [6.07, 6.45) is -6.38. The van der Waals surface area contributed by atoms with Crippen molar-refractivity contribution >= 4 is 71.1 Å². The number of methoxy groups -OCH3 is 2. The lowest BCUT2D eigenvalue weighted by molar-refractivity contribution is -0.118. The minimum absolute atomic E-state index is 0.00857. The minimum Gasteiger partial charge on any atom is -0.497 e. The number of benzene rings is 4. The summed E-state index contributed by atoms with van der Waals surface area (Å²) in [7, 11) is -5.93. The van der Waals surface area contributed by atoms with E-state index in [1.165, 1.54) is 10.9 Å². The first kappa shape index (κ1) is 71.0. The molecule has 2 saturated heterocycles. The Kier molecular flexibility index (Phi) is 23.1. The van der Waals surface area contributed by atoms with E-state index in [1.54, 1.807) is 95.1 Å². The van der Waals surface area contributed by atoms with Crippen LogP contribution in [0.5, 0.6) is 11.5 Å². The maximum absolute atomic E-state index is 18.3. The normalized spacial score (nSPS) is 20.0. The maximum atomic E-state index is 18.3. The van der Waals surface area contributed by atoms with Crippen LogP contribution in [0.3, 0.4) is 0 Å². The molecule has 0 saturated carbocycles. The zero-order valence-corrected chi connectivity index (χ0v) is 57.2. The van der Waals surface area contributed by atoms with Gasteiger partial charge in [0.05, 0.1) is 52.9 Å². The second-order valence-electron chi connectivity index (χ2n) is 24.0. The molecule has 28 nitrogen and oxygen atoms in total. The van der Waals surface area contributed by atoms with E-state index < -0.39 is 121 Å². The molecule has 7 heterocycles. The van der Waals surface area contributed by atoms with Gasteiger partial charge in [-0.15, -0.1) is 14.5 Å². The average Bonchev–Trinajstić information content (AvgIpc) is 1.70. The molecule has 9 aromatic rings. The first-order chi connectivity index (χ1) is 46.6. The summed E-state index contributed by atoms with van der Waals surface area (Å²) >= 11 is 0. The van der Waals surface area contributed by atoms with Crippen molar-refractivity contribution in [3.63, 3.8) is 0 Å². The number of pyridine rings is 1. The number of rotatable bonds is 26. The van der Waals surface area contributed by atoms with Crippen LogP contribution in [-0.4, -0.2) is 145 Å². The highest BCUT2D eigenvalue weighted by Gasteiger charge is 2.56. The van der Waals surface area contributed by atoms with Crippen LogP contribution >= 0.6 is 16.9 Å². The summed E-state index contributed by atoms with van der Waals surface area (Å²) in [4.78, 5) is 74.0. The van der Waals surface area contributed by atoms with Crippen molar-refractivity contribution in [1.29, 1.82) is 5.26 Å².